The van der Waals surface area contributed by atoms with Crippen LogP contribution in [0.1, 0.15) is 5.56 Å². The second-order valence-electron chi connectivity index (χ2n) is 6.38. The lowest BCUT2D eigenvalue weighted by molar-refractivity contribution is -0.137. The van der Waals surface area contributed by atoms with Gasteiger partial charge in [-0.25, -0.2) is 9.50 Å². The molecule has 152 valence electrons. The summed E-state index contributed by atoms with van der Waals surface area (Å²) in [6.45, 7) is 0. The number of rotatable bonds is 5. The summed E-state index contributed by atoms with van der Waals surface area (Å²) in [4.78, 5) is 16.7. The highest BCUT2D eigenvalue weighted by Gasteiger charge is 2.30. The number of benzene rings is 2. The van der Waals surface area contributed by atoms with E-state index in [-0.39, 0.29) is 11.4 Å². The number of thioether (sulfide) groups is 1. The number of imidazole rings is 1. The first kappa shape index (κ1) is 20.0. The monoisotopic (exact) mass is 428 g/mol. The number of halogens is 3. The topological polar surface area (TPSA) is 59.3 Å². The van der Waals surface area contributed by atoms with Gasteiger partial charge in [-0.1, -0.05) is 48.2 Å². The summed E-state index contributed by atoms with van der Waals surface area (Å²) < 4.78 is 40.0. The average molecular weight is 428 g/mol. The van der Waals surface area contributed by atoms with Crippen LogP contribution in [0.25, 0.3) is 16.9 Å². The lowest BCUT2D eigenvalue weighted by Gasteiger charge is -2.09. The summed E-state index contributed by atoms with van der Waals surface area (Å²) in [5, 5.41) is 7.51. The predicted octanol–water partition coefficient (Wildman–Crippen LogP) is 5.15. The quantitative estimate of drug-likeness (QED) is 0.447. The Labute approximate surface area is 173 Å². The van der Waals surface area contributed by atoms with Crippen LogP contribution < -0.4 is 5.32 Å². The number of hydrogen-bond donors (Lipinski definition) is 1. The van der Waals surface area contributed by atoms with Crippen LogP contribution in [0.3, 0.4) is 0 Å². The largest absolute Gasteiger partial charge is 0.416 e. The van der Waals surface area contributed by atoms with E-state index in [4.69, 9.17) is 0 Å². The zero-order chi connectivity index (χ0) is 21.1. The fraction of sp³-hybridized carbons (Fsp3) is 0.0952. The molecule has 2 aromatic carbocycles. The SMILES string of the molecule is O=C(CSc1ccc2nc(-c3ccccc3)cn2n1)Nc1cccc(C(F)(F)F)c1. The number of alkyl halides is 3. The van der Waals surface area contributed by atoms with Crippen molar-refractivity contribution < 1.29 is 18.0 Å². The summed E-state index contributed by atoms with van der Waals surface area (Å²) >= 11 is 1.18. The van der Waals surface area contributed by atoms with Crippen molar-refractivity contribution in [3.8, 4) is 11.3 Å². The van der Waals surface area contributed by atoms with Crippen LogP contribution in [-0.2, 0) is 11.0 Å². The first-order valence-corrected chi connectivity index (χ1v) is 9.89. The third-order valence-electron chi connectivity index (χ3n) is 4.19. The van der Waals surface area contributed by atoms with Crippen LogP contribution in [0.15, 0.2) is 78.0 Å². The van der Waals surface area contributed by atoms with Crippen molar-refractivity contribution in [2.45, 2.75) is 11.2 Å². The van der Waals surface area contributed by atoms with E-state index in [9.17, 15) is 18.0 Å². The Bertz CT molecular complexity index is 1190. The first-order valence-electron chi connectivity index (χ1n) is 8.90. The zero-order valence-corrected chi connectivity index (χ0v) is 16.2. The molecule has 0 atom stereocenters. The van der Waals surface area contributed by atoms with Gasteiger partial charge in [0, 0.05) is 11.3 Å². The normalized spacial score (nSPS) is 11.6. The number of aromatic nitrogens is 3. The van der Waals surface area contributed by atoms with Crippen LogP contribution in [0.5, 0.6) is 0 Å². The van der Waals surface area contributed by atoms with Gasteiger partial charge in [-0.3, -0.25) is 4.79 Å². The average Bonchev–Trinajstić information content (AvgIpc) is 3.16. The predicted molar refractivity (Wildman–Crippen MR) is 109 cm³/mol. The van der Waals surface area contributed by atoms with Gasteiger partial charge in [0.1, 0.15) is 5.03 Å². The second-order valence-corrected chi connectivity index (χ2v) is 7.38. The molecule has 0 fully saturated rings. The highest BCUT2D eigenvalue weighted by atomic mass is 32.2. The molecule has 0 bridgehead atoms. The van der Waals surface area contributed by atoms with E-state index in [0.717, 1.165) is 23.4 Å². The fourth-order valence-electron chi connectivity index (χ4n) is 2.80. The number of fused-ring (bicyclic) bond motifs is 1. The van der Waals surface area contributed by atoms with Crippen molar-refractivity contribution >= 4 is 29.0 Å². The highest BCUT2D eigenvalue weighted by Crippen LogP contribution is 2.30. The lowest BCUT2D eigenvalue weighted by Crippen LogP contribution is -2.15. The minimum Gasteiger partial charge on any atom is -0.325 e. The van der Waals surface area contributed by atoms with Gasteiger partial charge in [-0.15, -0.1) is 0 Å². The van der Waals surface area contributed by atoms with Gasteiger partial charge in [0.05, 0.1) is 23.2 Å². The maximum absolute atomic E-state index is 12.8. The smallest absolute Gasteiger partial charge is 0.325 e. The molecule has 0 saturated heterocycles. The molecule has 0 aliphatic carbocycles. The minimum absolute atomic E-state index is 0.00892. The van der Waals surface area contributed by atoms with Crippen molar-refractivity contribution in [1.82, 2.24) is 14.6 Å². The number of nitrogens with zero attached hydrogens (tertiary/aromatic N) is 3. The summed E-state index contributed by atoms with van der Waals surface area (Å²) in [6.07, 6.45) is -2.66. The van der Waals surface area contributed by atoms with Crippen LogP contribution in [0.2, 0.25) is 0 Å². The Morgan fingerprint density at radius 1 is 1.03 bits per heavy atom. The Morgan fingerprint density at radius 3 is 2.60 bits per heavy atom. The number of anilines is 1. The molecule has 1 N–H and O–H groups in total. The molecule has 5 nitrogen and oxygen atoms in total. The number of carbonyl (C=O) groups is 1. The molecular weight excluding hydrogens is 413 g/mol. The molecule has 0 unspecified atom stereocenters. The molecular formula is C21H15F3N4OS. The van der Waals surface area contributed by atoms with E-state index in [1.165, 1.54) is 23.9 Å². The van der Waals surface area contributed by atoms with Gasteiger partial charge in [-0.05, 0) is 30.3 Å². The van der Waals surface area contributed by atoms with Crippen molar-refractivity contribution in [2.75, 3.05) is 11.1 Å². The number of hydrogen-bond acceptors (Lipinski definition) is 4. The van der Waals surface area contributed by atoms with Gasteiger partial charge >= 0.3 is 6.18 Å². The Hall–Kier alpha value is -3.33. The first-order chi connectivity index (χ1) is 14.4. The molecule has 2 aromatic heterocycles. The van der Waals surface area contributed by atoms with Gasteiger partial charge in [0.2, 0.25) is 5.91 Å². The Kier molecular flexibility index (Phi) is 5.45. The molecule has 9 heteroatoms. The van der Waals surface area contributed by atoms with Crippen molar-refractivity contribution in [1.29, 1.82) is 0 Å². The third kappa shape index (κ3) is 4.62. The van der Waals surface area contributed by atoms with Gasteiger partial charge in [0.25, 0.3) is 0 Å². The molecule has 2 heterocycles. The van der Waals surface area contributed by atoms with Gasteiger partial charge in [-0.2, -0.15) is 18.3 Å². The summed E-state index contributed by atoms with van der Waals surface area (Å²) in [5.41, 5.74) is 1.71. The van der Waals surface area contributed by atoms with E-state index in [0.29, 0.717) is 10.7 Å². The molecule has 0 spiro atoms. The van der Waals surface area contributed by atoms with E-state index >= 15 is 0 Å². The van der Waals surface area contributed by atoms with Crippen LogP contribution in [0, 0.1) is 0 Å². The Morgan fingerprint density at radius 2 is 1.83 bits per heavy atom. The maximum atomic E-state index is 12.8. The summed E-state index contributed by atoms with van der Waals surface area (Å²) in [5.74, 6) is -0.411. The van der Waals surface area contributed by atoms with Crippen LogP contribution in [0.4, 0.5) is 18.9 Å². The van der Waals surface area contributed by atoms with E-state index in [1.54, 1.807) is 22.8 Å². The second kappa shape index (κ2) is 8.19. The van der Waals surface area contributed by atoms with Crippen LogP contribution >= 0.6 is 11.8 Å². The highest BCUT2D eigenvalue weighted by molar-refractivity contribution is 7.99. The van der Waals surface area contributed by atoms with Crippen molar-refractivity contribution in [3.63, 3.8) is 0 Å². The maximum Gasteiger partial charge on any atom is 0.416 e. The molecule has 30 heavy (non-hydrogen) atoms. The molecule has 0 aliphatic heterocycles. The molecule has 4 rings (SSSR count). The van der Waals surface area contributed by atoms with E-state index < -0.39 is 17.6 Å². The van der Waals surface area contributed by atoms with E-state index in [1.807, 2.05) is 30.3 Å². The lowest BCUT2D eigenvalue weighted by atomic mass is 10.2. The van der Waals surface area contributed by atoms with E-state index in [2.05, 4.69) is 15.4 Å². The van der Waals surface area contributed by atoms with Gasteiger partial charge < -0.3 is 5.32 Å². The number of amides is 1. The molecule has 1 amide bonds. The third-order valence-corrected chi connectivity index (χ3v) is 5.11. The number of carbonyl (C=O) groups excluding carboxylic acids is 1. The van der Waals surface area contributed by atoms with Crippen LogP contribution in [-0.4, -0.2) is 26.3 Å². The molecule has 4 aromatic rings. The number of nitrogens with one attached hydrogen (secondary N) is 1. The Balaban J connectivity index is 1.41. The molecule has 0 aliphatic rings. The zero-order valence-electron chi connectivity index (χ0n) is 15.4. The minimum atomic E-state index is -4.46. The van der Waals surface area contributed by atoms with Crippen molar-refractivity contribution in [2.24, 2.45) is 0 Å². The van der Waals surface area contributed by atoms with Crippen molar-refractivity contribution in [3.05, 3.63) is 78.5 Å². The summed E-state index contributed by atoms with van der Waals surface area (Å²) in [6, 6.07) is 17.8. The molecule has 0 saturated carbocycles. The van der Waals surface area contributed by atoms with Gasteiger partial charge in [0.15, 0.2) is 5.65 Å². The standard InChI is InChI=1S/C21H15F3N4OS/c22-21(23,24)15-7-4-8-16(11-15)25-19(29)13-30-20-10-9-18-26-17(12-28(18)27-20)14-5-2-1-3-6-14/h1-12H,13H2,(H,25,29). The summed E-state index contributed by atoms with van der Waals surface area (Å²) in [7, 11) is 0. The fourth-order valence-corrected chi connectivity index (χ4v) is 3.46. The molecule has 0 radical (unpaired) electrons.